The number of nitrogens with one attached hydrogen (secondary N) is 2. The number of carbonyl (C=O) groups is 2. The number of carbonyl (C=O) groups excluding carboxylic acids is 2. The molecule has 0 aromatic carbocycles. The Morgan fingerprint density at radius 1 is 1.52 bits per heavy atom. The fraction of sp³-hybridized carbons (Fsp3) is 0.176. The van der Waals surface area contributed by atoms with Crippen LogP contribution in [0.3, 0.4) is 0 Å². The monoisotopic (exact) mass is 354 g/mol. The highest BCUT2D eigenvalue weighted by atomic mass is 32.2. The van der Waals surface area contributed by atoms with Crippen LogP contribution in [0.1, 0.15) is 16.8 Å². The fourth-order valence-corrected chi connectivity index (χ4v) is 3.16. The maximum atomic E-state index is 12.2. The third-order valence-corrected chi connectivity index (χ3v) is 4.63. The third-order valence-electron chi connectivity index (χ3n) is 3.69. The Morgan fingerprint density at radius 3 is 2.92 bits per heavy atom. The highest BCUT2D eigenvalue weighted by molar-refractivity contribution is 8.04. The van der Waals surface area contributed by atoms with Gasteiger partial charge in [-0.1, -0.05) is 11.8 Å². The van der Waals surface area contributed by atoms with E-state index in [9.17, 15) is 14.9 Å². The molecule has 1 fully saturated rings. The molecule has 1 aliphatic heterocycles. The average molecular weight is 354 g/mol. The number of nitriles is 1. The second kappa shape index (κ2) is 6.83. The van der Waals surface area contributed by atoms with Crippen molar-refractivity contribution in [2.75, 3.05) is 11.1 Å². The van der Waals surface area contributed by atoms with E-state index in [1.807, 2.05) is 6.92 Å². The molecule has 7 nitrogen and oxygen atoms in total. The van der Waals surface area contributed by atoms with Crippen LogP contribution in [0.4, 0.5) is 5.82 Å². The minimum atomic E-state index is -0.470. The Balaban J connectivity index is 1.98. The van der Waals surface area contributed by atoms with E-state index in [0.717, 1.165) is 5.56 Å². The summed E-state index contributed by atoms with van der Waals surface area (Å²) in [4.78, 5) is 27.7. The molecule has 8 heteroatoms. The minimum absolute atomic E-state index is 0.147. The number of thioether (sulfide) groups is 1. The molecule has 3 heterocycles. The van der Waals surface area contributed by atoms with Gasteiger partial charge in [-0.2, -0.15) is 5.26 Å². The molecule has 0 bridgehead atoms. The van der Waals surface area contributed by atoms with Crippen LogP contribution in [-0.2, 0) is 9.59 Å². The first-order valence-electron chi connectivity index (χ1n) is 7.40. The van der Waals surface area contributed by atoms with Crippen LogP contribution in [-0.4, -0.2) is 22.6 Å². The van der Waals surface area contributed by atoms with E-state index in [4.69, 9.17) is 4.42 Å². The van der Waals surface area contributed by atoms with Gasteiger partial charge in [0.1, 0.15) is 17.4 Å². The Hall–Kier alpha value is -3.05. The van der Waals surface area contributed by atoms with Crippen LogP contribution < -0.4 is 10.6 Å². The molecule has 2 N–H and O–H groups in total. The summed E-state index contributed by atoms with van der Waals surface area (Å²) in [6, 6.07) is 5.58. The lowest BCUT2D eigenvalue weighted by Crippen LogP contribution is -2.17. The number of aryl methyl sites for hydroxylation is 1. The maximum Gasteiger partial charge on any atom is 0.252 e. The van der Waals surface area contributed by atoms with Crippen molar-refractivity contribution in [1.29, 1.82) is 5.26 Å². The smallest absolute Gasteiger partial charge is 0.252 e. The molecular weight excluding hydrogens is 340 g/mol. The summed E-state index contributed by atoms with van der Waals surface area (Å²) in [6.07, 6.45) is 2.80. The lowest BCUT2D eigenvalue weighted by Gasteiger charge is -2.13. The van der Waals surface area contributed by atoms with Crippen LogP contribution >= 0.6 is 11.8 Å². The van der Waals surface area contributed by atoms with Gasteiger partial charge in [0.25, 0.3) is 5.91 Å². The van der Waals surface area contributed by atoms with Gasteiger partial charge in [0.2, 0.25) is 5.91 Å². The van der Waals surface area contributed by atoms with Crippen LogP contribution in [0, 0.1) is 25.2 Å². The zero-order valence-electron chi connectivity index (χ0n) is 13.5. The second-order valence-electron chi connectivity index (χ2n) is 5.34. The molecule has 1 aliphatic rings. The first-order chi connectivity index (χ1) is 12.0. The van der Waals surface area contributed by atoms with Gasteiger partial charge in [0, 0.05) is 17.3 Å². The van der Waals surface area contributed by atoms with Gasteiger partial charge in [-0.05, 0) is 31.5 Å². The molecule has 0 aliphatic carbocycles. The number of anilines is 1. The third kappa shape index (κ3) is 3.41. The van der Waals surface area contributed by atoms with E-state index >= 15 is 0 Å². The first-order valence-corrected chi connectivity index (χ1v) is 8.38. The summed E-state index contributed by atoms with van der Waals surface area (Å²) in [6.45, 7) is 3.64. The molecule has 1 saturated heterocycles. The Bertz CT molecular complexity index is 926. The van der Waals surface area contributed by atoms with Crippen LogP contribution in [0.5, 0.6) is 0 Å². The lowest BCUT2D eigenvalue weighted by molar-refractivity contribution is -0.117. The molecule has 2 amide bonds. The van der Waals surface area contributed by atoms with Crippen LogP contribution in [0.25, 0.3) is 11.3 Å². The molecular formula is C17H14N4O3S. The Morgan fingerprint density at radius 2 is 2.32 bits per heavy atom. The van der Waals surface area contributed by atoms with E-state index < -0.39 is 5.91 Å². The topological polar surface area (TPSA) is 108 Å². The number of furan rings is 1. The molecule has 126 valence electrons. The van der Waals surface area contributed by atoms with Gasteiger partial charge in [-0.25, -0.2) is 4.98 Å². The van der Waals surface area contributed by atoms with Gasteiger partial charge in [0.15, 0.2) is 5.82 Å². The van der Waals surface area contributed by atoms with E-state index in [0.29, 0.717) is 22.0 Å². The molecule has 0 unspecified atom stereocenters. The highest BCUT2D eigenvalue weighted by Crippen LogP contribution is 2.32. The van der Waals surface area contributed by atoms with E-state index in [2.05, 4.69) is 21.7 Å². The summed E-state index contributed by atoms with van der Waals surface area (Å²) in [5.74, 6) is 0.362. The van der Waals surface area contributed by atoms with Gasteiger partial charge < -0.3 is 15.1 Å². The molecule has 25 heavy (non-hydrogen) atoms. The SMILES string of the molecule is Cc1nc(NC(=O)/C=C2/NC(=O)CS2)c(C#N)c(-c2ccco2)c1C. The summed E-state index contributed by atoms with van der Waals surface area (Å²) in [5, 5.41) is 15.3. The summed E-state index contributed by atoms with van der Waals surface area (Å²) in [5.41, 5.74) is 2.32. The normalized spacial score (nSPS) is 15.1. The number of hydrogen-bond donors (Lipinski definition) is 2. The quantitative estimate of drug-likeness (QED) is 0.820. The maximum absolute atomic E-state index is 12.2. The molecule has 2 aromatic rings. The van der Waals surface area contributed by atoms with Crippen molar-refractivity contribution in [2.24, 2.45) is 0 Å². The number of nitrogens with zero attached hydrogens (tertiary/aromatic N) is 2. The van der Waals surface area contributed by atoms with Gasteiger partial charge >= 0.3 is 0 Å². The first kappa shape index (κ1) is 16.8. The number of amides is 2. The summed E-state index contributed by atoms with van der Waals surface area (Å²) >= 11 is 1.25. The molecule has 2 aromatic heterocycles. The summed E-state index contributed by atoms with van der Waals surface area (Å²) in [7, 11) is 0. The highest BCUT2D eigenvalue weighted by Gasteiger charge is 2.21. The standard InChI is InChI=1S/C17H14N4O3S/c1-9-10(2)19-17(11(7-18)16(9)12-4-3-5-24-12)21-13(22)6-15-20-14(23)8-25-15/h3-6H,8H2,1-2H3,(H,20,23)(H,19,21,22)/b15-6-. The van der Waals surface area contributed by atoms with Crippen molar-refractivity contribution in [2.45, 2.75) is 13.8 Å². The van der Waals surface area contributed by atoms with E-state index in [1.165, 1.54) is 24.1 Å². The zero-order valence-corrected chi connectivity index (χ0v) is 14.4. The minimum Gasteiger partial charge on any atom is -0.464 e. The molecule has 0 spiro atoms. The summed E-state index contributed by atoms with van der Waals surface area (Å²) < 4.78 is 5.42. The lowest BCUT2D eigenvalue weighted by atomic mass is 10.00. The zero-order chi connectivity index (χ0) is 18.0. The van der Waals surface area contributed by atoms with Gasteiger partial charge in [0.05, 0.1) is 17.0 Å². The van der Waals surface area contributed by atoms with E-state index in [-0.39, 0.29) is 23.0 Å². The van der Waals surface area contributed by atoms with Crippen LogP contribution in [0.2, 0.25) is 0 Å². The van der Waals surface area contributed by atoms with Crippen molar-refractivity contribution in [3.05, 3.63) is 46.3 Å². The number of hydrogen-bond acceptors (Lipinski definition) is 6. The molecule has 3 rings (SSSR count). The average Bonchev–Trinajstić information content (AvgIpc) is 3.22. The van der Waals surface area contributed by atoms with Gasteiger partial charge in [-0.15, -0.1) is 0 Å². The predicted octanol–water partition coefficient (Wildman–Crippen LogP) is 2.47. The Labute approximate surface area is 148 Å². The molecule has 0 saturated carbocycles. The second-order valence-corrected chi connectivity index (χ2v) is 6.36. The van der Waals surface area contributed by atoms with Crippen molar-refractivity contribution in [1.82, 2.24) is 10.3 Å². The largest absolute Gasteiger partial charge is 0.464 e. The van der Waals surface area contributed by atoms with Crippen molar-refractivity contribution < 1.29 is 14.0 Å². The fourth-order valence-electron chi connectivity index (χ4n) is 2.42. The van der Waals surface area contributed by atoms with Crippen molar-refractivity contribution >= 4 is 29.4 Å². The predicted molar refractivity (Wildman–Crippen MR) is 93.4 cm³/mol. The van der Waals surface area contributed by atoms with E-state index in [1.54, 1.807) is 19.1 Å². The number of rotatable bonds is 3. The van der Waals surface area contributed by atoms with Gasteiger partial charge in [-0.3, -0.25) is 9.59 Å². The van der Waals surface area contributed by atoms with Crippen molar-refractivity contribution in [3.8, 4) is 17.4 Å². The number of aromatic nitrogens is 1. The molecule has 0 atom stereocenters. The van der Waals surface area contributed by atoms with Crippen molar-refractivity contribution in [3.63, 3.8) is 0 Å². The Kier molecular flexibility index (Phi) is 4.59. The number of pyridine rings is 1. The molecule has 0 radical (unpaired) electrons. The van der Waals surface area contributed by atoms with Crippen LogP contribution in [0.15, 0.2) is 33.9 Å².